The van der Waals surface area contributed by atoms with Gasteiger partial charge in [-0.15, -0.1) is 0 Å². The first-order valence-electron chi connectivity index (χ1n) is 8.21. The Kier molecular flexibility index (Phi) is 4.88. The summed E-state index contributed by atoms with van der Waals surface area (Å²) in [5.74, 6) is -0.310. The van der Waals surface area contributed by atoms with Gasteiger partial charge in [-0.1, -0.05) is 6.07 Å². The lowest BCUT2D eigenvalue weighted by atomic mass is 10.1. The van der Waals surface area contributed by atoms with Gasteiger partial charge in [0.2, 0.25) is 0 Å². The van der Waals surface area contributed by atoms with Gasteiger partial charge in [-0.3, -0.25) is 4.90 Å². The molecule has 25 heavy (non-hydrogen) atoms. The standard InChI is InChI=1S/C16H22FN3O4S/c1-18-8-9-25(23,24)15(18)10-12-2-3-13(11-14(12)17)19-4-6-20(7-5-19)16(21)22/h2-3,11,15H,4-10H2,1H3,(H,21,22)/t15-/m0/s1. The summed E-state index contributed by atoms with van der Waals surface area (Å²) >= 11 is 0. The zero-order chi connectivity index (χ0) is 18.2. The molecule has 1 N–H and O–H groups in total. The lowest BCUT2D eigenvalue weighted by molar-refractivity contribution is 0.142. The minimum Gasteiger partial charge on any atom is -0.465 e. The van der Waals surface area contributed by atoms with E-state index >= 15 is 0 Å². The monoisotopic (exact) mass is 371 g/mol. The molecule has 2 saturated heterocycles. The molecule has 0 spiro atoms. The summed E-state index contributed by atoms with van der Waals surface area (Å²) < 4.78 is 38.6. The van der Waals surface area contributed by atoms with E-state index in [1.807, 2.05) is 4.90 Å². The van der Waals surface area contributed by atoms with Crippen LogP contribution in [0.5, 0.6) is 0 Å². The number of hydrogen-bond donors (Lipinski definition) is 1. The van der Waals surface area contributed by atoms with Crippen molar-refractivity contribution in [3.8, 4) is 0 Å². The van der Waals surface area contributed by atoms with E-state index in [2.05, 4.69) is 0 Å². The van der Waals surface area contributed by atoms with Crippen LogP contribution in [0.15, 0.2) is 18.2 Å². The normalized spacial score (nSPS) is 23.8. The number of benzene rings is 1. The highest BCUT2D eigenvalue weighted by Crippen LogP contribution is 2.25. The van der Waals surface area contributed by atoms with Crippen molar-refractivity contribution in [1.82, 2.24) is 9.80 Å². The van der Waals surface area contributed by atoms with Crippen LogP contribution in [0.2, 0.25) is 0 Å². The second-order valence-corrected chi connectivity index (χ2v) is 8.82. The molecule has 0 bridgehead atoms. The Balaban J connectivity index is 1.70. The third-order valence-electron chi connectivity index (χ3n) is 4.98. The van der Waals surface area contributed by atoms with E-state index in [-0.39, 0.29) is 12.2 Å². The van der Waals surface area contributed by atoms with Gasteiger partial charge in [0.05, 0.1) is 5.75 Å². The van der Waals surface area contributed by atoms with Crippen LogP contribution < -0.4 is 4.90 Å². The predicted octanol–water partition coefficient (Wildman–Crippen LogP) is 0.855. The van der Waals surface area contributed by atoms with E-state index < -0.39 is 27.1 Å². The molecule has 1 amide bonds. The quantitative estimate of drug-likeness (QED) is 0.849. The van der Waals surface area contributed by atoms with Crippen molar-refractivity contribution in [3.63, 3.8) is 0 Å². The molecule has 2 heterocycles. The van der Waals surface area contributed by atoms with Gasteiger partial charge >= 0.3 is 6.09 Å². The van der Waals surface area contributed by atoms with Crippen LogP contribution in [0.4, 0.5) is 14.9 Å². The molecule has 1 aromatic carbocycles. The second-order valence-electron chi connectivity index (χ2n) is 6.54. The molecular formula is C16H22FN3O4S. The van der Waals surface area contributed by atoms with Crippen molar-refractivity contribution in [2.45, 2.75) is 11.8 Å². The number of halogens is 1. The van der Waals surface area contributed by atoms with Gasteiger partial charge in [0.1, 0.15) is 11.2 Å². The maximum atomic E-state index is 14.5. The summed E-state index contributed by atoms with van der Waals surface area (Å²) in [5, 5.41) is 8.30. The Morgan fingerprint density at radius 3 is 2.44 bits per heavy atom. The Morgan fingerprint density at radius 2 is 1.92 bits per heavy atom. The number of anilines is 1. The van der Waals surface area contributed by atoms with Crippen LogP contribution in [0.25, 0.3) is 0 Å². The largest absolute Gasteiger partial charge is 0.465 e. The van der Waals surface area contributed by atoms with Gasteiger partial charge in [-0.25, -0.2) is 17.6 Å². The van der Waals surface area contributed by atoms with Crippen molar-refractivity contribution in [1.29, 1.82) is 0 Å². The van der Waals surface area contributed by atoms with Crippen molar-refractivity contribution < 1.29 is 22.7 Å². The number of hydrogen-bond acceptors (Lipinski definition) is 5. The molecule has 0 saturated carbocycles. The fourth-order valence-electron chi connectivity index (χ4n) is 3.35. The molecule has 0 unspecified atom stereocenters. The Hall–Kier alpha value is -1.87. The number of carboxylic acid groups (broad SMARTS) is 1. The first-order valence-corrected chi connectivity index (χ1v) is 9.92. The topological polar surface area (TPSA) is 81.2 Å². The summed E-state index contributed by atoms with van der Waals surface area (Å²) in [6.07, 6.45) is -0.805. The molecule has 138 valence electrons. The Morgan fingerprint density at radius 1 is 1.24 bits per heavy atom. The number of rotatable bonds is 3. The zero-order valence-electron chi connectivity index (χ0n) is 14.1. The number of amides is 1. The van der Waals surface area contributed by atoms with Gasteiger partial charge in [-0.2, -0.15) is 0 Å². The molecular weight excluding hydrogens is 349 g/mol. The molecule has 0 aromatic heterocycles. The summed E-state index contributed by atoms with van der Waals surface area (Å²) in [7, 11) is -1.47. The summed E-state index contributed by atoms with van der Waals surface area (Å²) in [5.41, 5.74) is 1.07. The third-order valence-corrected chi connectivity index (χ3v) is 7.09. The van der Waals surface area contributed by atoms with Crippen LogP contribution >= 0.6 is 0 Å². The number of carbonyl (C=O) groups is 1. The molecule has 3 rings (SSSR count). The molecule has 0 aliphatic carbocycles. The van der Waals surface area contributed by atoms with Crippen LogP contribution in [-0.4, -0.2) is 80.3 Å². The first-order chi connectivity index (χ1) is 11.8. The maximum Gasteiger partial charge on any atom is 0.407 e. The average Bonchev–Trinajstić information content (AvgIpc) is 2.83. The molecule has 2 fully saturated rings. The Labute approximate surface area is 146 Å². The molecule has 9 heteroatoms. The van der Waals surface area contributed by atoms with Crippen LogP contribution in [0.1, 0.15) is 5.56 Å². The summed E-state index contributed by atoms with van der Waals surface area (Å²) in [6.45, 7) is 2.24. The van der Waals surface area contributed by atoms with E-state index in [0.717, 1.165) is 0 Å². The van der Waals surface area contributed by atoms with Crippen LogP contribution in [0.3, 0.4) is 0 Å². The summed E-state index contributed by atoms with van der Waals surface area (Å²) in [4.78, 5) is 15.9. The van der Waals surface area contributed by atoms with Crippen molar-refractivity contribution in [2.24, 2.45) is 0 Å². The fourth-order valence-corrected chi connectivity index (χ4v) is 5.25. The molecule has 1 aromatic rings. The Bertz CT molecular complexity index is 763. The van der Waals surface area contributed by atoms with Gasteiger partial charge < -0.3 is 14.9 Å². The third kappa shape index (κ3) is 3.72. The van der Waals surface area contributed by atoms with Crippen LogP contribution in [0, 0.1) is 5.82 Å². The predicted molar refractivity (Wildman–Crippen MR) is 92.1 cm³/mol. The van der Waals surface area contributed by atoms with Gasteiger partial charge in [0.25, 0.3) is 0 Å². The SMILES string of the molecule is CN1CCS(=O)(=O)[C@H]1Cc1ccc(N2CCN(C(=O)O)CC2)cc1F. The van der Waals surface area contributed by atoms with E-state index in [1.165, 1.54) is 11.0 Å². The fraction of sp³-hybridized carbons (Fsp3) is 0.562. The van der Waals surface area contributed by atoms with E-state index in [0.29, 0.717) is 44.0 Å². The van der Waals surface area contributed by atoms with Crippen molar-refractivity contribution in [3.05, 3.63) is 29.6 Å². The van der Waals surface area contributed by atoms with Crippen molar-refractivity contribution in [2.75, 3.05) is 50.4 Å². The van der Waals surface area contributed by atoms with Gasteiger partial charge in [0, 0.05) is 44.8 Å². The highest BCUT2D eigenvalue weighted by atomic mass is 32.2. The zero-order valence-corrected chi connectivity index (χ0v) is 14.9. The van der Waals surface area contributed by atoms with Gasteiger partial charge in [0.15, 0.2) is 9.84 Å². The molecule has 1 atom stereocenters. The van der Waals surface area contributed by atoms with Crippen LogP contribution in [-0.2, 0) is 16.3 Å². The van der Waals surface area contributed by atoms with E-state index in [1.54, 1.807) is 24.1 Å². The lowest BCUT2D eigenvalue weighted by Crippen LogP contribution is -2.48. The highest BCUT2D eigenvalue weighted by molar-refractivity contribution is 7.92. The smallest absolute Gasteiger partial charge is 0.407 e. The summed E-state index contributed by atoms with van der Waals surface area (Å²) in [6, 6.07) is 4.82. The average molecular weight is 371 g/mol. The molecule has 0 radical (unpaired) electrons. The van der Waals surface area contributed by atoms with E-state index in [4.69, 9.17) is 5.11 Å². The number of likely N-dealkylation sites (N-methyl/N-ethyl adjacent to an activating group) is 1. The van der Waals surface area contributed by atoms with Crippen molar-refractivity contribution >= 4 is 21.6 Å². The highest BCUT2D eigenvalue weighted by Gasteiger charge is 2.36. The molecule has 2 aliphatic heterocycles. The number of sulfone groups is 1. The van der Waals surface area contributed by atoms with E-state index in [9.17, 15) is 17.6 Å². The lowest BCUT2D eigenvalue weighted by Gasteiger charge is -2.34. The number of piperazine rings is 1. The first kappa shape index (κ1) is 17.9. The van der Waals surface area contributed by atoms with Gasteiger partial charge in [-0.05, 0) is 24.7 Å². The second kappa shape index (κ2) is 6.80. The number of nitrogens with zero attached hydrogens (tertiary/aromatic N) is 3. The molecule has 7 nitrogen and oxygen atoms in total. The maximum absolute atomic E-state index is 14.5. The minimum absolute atomic E-state index is 0.113. The minimum atomic E-state index is -3.21. The molecule has 2 aliphatic rings.